The molecule has 0 atom stereocenters. The number of Topliss-reactive ketones (excluding diaryl/α,β-unsaturated/α-hetero) is 1. The minimum Gasteiger partial charge on any atom is -0.354 e. The lowest BCUT2D eigenvalue weighted by Crippen LogP contribution is -2.14. The third-order valence-electron chi connectivity index (χ3n) is 4.54. The summed E-state index contributed by atoms with van der Waals surface area (Å²) in [5.74, 6) is -0.336. The van der Waals surface area contributed by atoms with Gasteiger partial charge in [0.2, 0.25) is 0 Å². The Morgan fingerprint density at radius 1 is 0.862 bits per heavy atom. The number of rotatable bonds is 5. The second kappa shape index (κ2) is 8.27. The number of anilines is 3. The second-order valence-corrected chi connectivity index (χ2v) is 7.97. The van der Waals surface area contributed by atoms with Gasteiger partial charge in [0.1, 0.15) is 0 Å². The average Bonchev–Trinajstić information content (AvgIpc) is 2.68. The van der Waals surface area contributed by atoms with Crippen molar-refractivity contribution in [3.63, 3.8) is 0 Å². The molecular formula is C24H25N3O2. The minimum atomic E-state index is -0.286. The van der Waals surface area contributed by atoms with E-state index in [1.807, 2.05) is 18.2 Å². The number of nitrogens with one attached hydrogen (secondary N) is 2. The van der Waals surface area contributed by atoms with Gasteiger partial charge in [0, 0.05) is 23.1 Å². The van der Waals surface area contributed by atoms with Crippen LogP contribution in [0.2, 0.25) is 0 Å². The SMILES string of the molecule is CC(=O)c1cccc(NC(=O)c2cncc(Nc3ccccc3C(C)(C)C)c2)c1. The van der Waals surface area contributed by atoms with E-state index in [0.717, 1.165) is 11.4 Å². The zero-order valence-corrected chi connectivity index (χ0v) is 17.1. The normalized spacial score (nSPS) is 11.0. The Kier molecular flexibility index (Phi) is 5.78. The molecule has 2 N–H and O–H groups in total. The summed E-state index contributed by atoms with van der Waals surface area (Å²) in [6, 6.07) is 16.7. The molecule has 2 aromatic carbocycles. The van der Waals surface area contributed by atoms with Crippen molar-refractivity contribution in [1.29, 1.82) is 0 Å². The molecule has 0 fully saturated rings. The predicted molar refractivity (Wildman–Crippen MR) is 117 cm³/mol. The fraction of sp³-hybridized carbons (Fsp3) is 0.208. The number of benzene rings is 2. The van der Waals surface area contributed by atoms with Crippen LogP contribution in [0.4, 0.5) is 17.1 Å². The number of pyridine rings is 1. The average molecular weight is 387 g/mol. The highest BCUT2D eigenvalue weighted by Crippen LogP contribution is 2.31. The first kappa shape index (κ1) is 20.3. The maximum absolute atomic E-state index is 12.7. The summed E-state index contributed by atoms with van der Waals surface area (Å²) in [5, 5.41) is 6.20. The predicted octanol–water partition coefficient (Wildman–Crippen LogP) is 5.58. The first-order valence-corrected chi connectivity index (χ1v) is 9.48. The summed E-state index contributed by atoms with van der Waals surface area (Å²) >= 11 is 0. The molecule has 0 spiro atoms. The van der Waals surface area contributed by atoms with Gasteiger partial charge in [-0.2, -0.15) is 0 Å². The molecule has 3 rings (SSSR count). The zero-order valence-electron chi connectivity index (χ0n) is 17.1. The van der Waals surface area contributed by atoms with Crippen LogP contribution in [0.3, 0.4) is 0 Å². The van der Waals surface area contributed by atoms with Gasteiger partial charge >= 0.3 is 0 Å². The van der Waals surface area contributed by atoms with Crippen molar-refractivity contribution in [2.75, 3.05) is 10.6 Å². The van der Waals surface area contributed by atoms with Crippen molar-refractivity contribution in [2.45, 2.75) is 33.1 Å². The highest BCUT2D eigenvalue weighted by Gasteiger charge is 2.18. The molecule has 29 heavy (non-hydrogen) atoms. The smallest absolute Gasteiger partial charge is 0.257 e. The van der Waals surface area contributed by atoms with Crippen molar-refractivity contribution in [2.24, 2.45) is 0 Å². The monoisotopic (exact) mass is 387 g/mol. The summed E-state index contributed by atoms with van der Waals surface area (Å²) < 4.78 is 0. The summed E-state index contributed by atoms with van der Waals surface area (Å²) in [5.41, 5.74) is 4.41. The lowest BCUT2D eigenvalue weighted by atomic mass is 9.86. The van der Waals surface area contributed by atoms with E-state index in [2.05, 4.69) is 42.5 Å². The molecule has 0 aliphatic carbocycles. The zero-order chi connectivity index (χ0) is 21.0. The van der Waals surface area contributed by atoms with Crippen LogP contribution in [0.1, 0.15) is 54.0 Å². The molecule has 0 aliphatic rings. The van der Waals surface area contributed by atoms with Gasteiger partial charge < -0.3 is 10.6 Å². The summed E-state index contributed by atoms with van der Waals surface area (Å²) in [4.78, 5) is 28.4. The highest BCUT2D eigenvalue weighted by molar-refractivity contribution is 6.05. The van der Waals surface area contributed by atoms with Gasteiger partial charge in [-0.05, 0) is 42.2 Å². The lowest BCUT2D eigenvalue weighted by molar-refractivity contribution is 0.101. The Bertz CT molecular complexity index is 1050. The number of ketones is 1. The molecule has 0 aliphatic heterocycles. The van der Waals surface area contributed by atoms with Crippen LogP contribution in [0.15, 0.2) is 67.0 Å². The number of aromatic nitrogens is 1. The molecule has 3 aromatic rings. The van der Waals surface area contributed by atoms with E-state index in [9.17, 15) is 9.59 Å². The largest absolute Gasteiger partial charge is 0.354 e. The van der Waals surface area contributed by atoms with Crippen molar-refractivity contribution < 1.29 is 9.59 Å². The van der Waals surface area contributed by atoms with E-state index in [1.54, 1.807) is 36.5 Å². The van der Waals surface area contributed by atoms with E-state index >= 15 is 0 Å². The summed E-state index contributed by atoms with van der Waals surface area (Å²) in [6.45, 7) is 7.97. The molecular weight excluding hydrogens is 362 g/mol. The van der Waals surface area contributed by atoms with E-state index in [1.165, 1.54) is 18.7 Å². The van der Waals surface area contributed by atoms with Gasteiger partial charge in [-0.15, -0.1) is 0 Å². The van der Waals surface area contributed by atoms with E-state index in [0.29, 0.717) is 16.8 Å². The highest BCUT2D eigenvalue weighted by atomic mass is 16.1. The molecule has 0 unspecified atom stereocenters. The fourth-order valence-electron chi connectivity index (χ4n) is 3.05. The molecule has 148 valence electrons. The molecule has 0 saturated carbocycles. The molecule has 0 radical (unpaired) electrons. The molecule has 1 aromatic heterocycles. The van der Waals surface area contributed by atoms with Crippen molar-refractivity contribution >= 4 is 28.8 Å². The first-order chi connectivity index (χ1) is 13.7. The van der Waals surface area contributed by atoms with Crippen molar-refractivity contribution in [3.05, 3.63) is 83.7 Å². The lowest BCUT2D eigenvalue weighted by Gasteiger charge is -2.23. The number of hydrogen-bond acceptors (Lipinski definition) is 4. The maximum Gasteiger partial charge on any atom is 0.257 e. The topological polar surface area (TPSA) is 71.1 Å². The van der Waals surface area contributed by atoms with Crippen LogP contribution < -0.4 is 10.6 Å². The number of para-hydroxylation sites is 1. The standard InChI is InChI=1S/C24H25N3O2/c1-16(28)17-8-7-9-19(12-17)27-23(29)18-13-20(15-25-14-18)26-22-11-6-5-10-21(22)24(2,3)4/h5-15,26H,1-4H3,(H,27,29). The Balaban J connectivity index is 1.81. The number of carbonyl (C=O) groups excluding carboxylic acids is 2. The van der Waals surface area contributed by atoms with Crippen LogP contribution in [-0.2, 0) is 5.41 Å². The molecule has 1 amide bonds. The van der Waals surface area contributed by atoms with E-state index in [-0.39, 0.29) is 17.1 Å². The van der Waals surface area contributed by atoms with Crippen molar-refractivity contribution in [3.8, 4) is 0 Å². The van der Waals surface area contributed by atoms with Crippen molar-refractivity contribution in [1.82, 2.24) is 4.98 Å². The van der Waals surface area contributed by atoms with Gasteiger partial charge in [0.15, 0.2) is 5.78 Å². The van der Waals surface area contributed by atoms with Gasteiger partial charge in [0.25, 0.3) is 5.91 Å². The van der Waals surface area contributed by atoms with E-state index in [4.69, 9.17) is 0 Å². The second-order valence-electron chi connectivity index (χ2n) is 7.97. The van der Waals surface area contributed by atoms with Gasteiger partial charge in [0.05, 0.1) is 17.4 Å². The molecule has 5 heteroatoms. The quantitative estimate of drug-likeness (QED) is 0.561. The Hall–Kier alpha value is -3.47. The number of hydrogen-bond donors (Lipinski definition) is 2. The van der Waals surface area contributed by atoms with Gasteiger partial charge in [-0.25, -0.2) is 0 Å². The minimum absolute atomic E-state index is 0.0201. The molecule has 1 heterocycles. The van der Waals surface area contributed by atoms with Crippen LogP contribution in [0, 0.1) is 0 Å². The molecule has 0 bridgehead atoms. The third-order valence-corrected chi connectivity index (χ3v) is 4.54. The van der Waals surface area contributed by atoms with Gasteiger partial charge in [-0.1, -0.05) is 51.1 Å². The number of amides is 1. The Morgan fingerprint density at radius 3 is 2.31 bits per heavy atom. The molecule has 0 saturated heterocycles. The van der Waals surface area contributed by atoms with Crippen LogP contribution in [-0.4, -0.2) is 16.7 Å². The Labute approximate surface area is 171 Å². The van der Waals surface area contributed by atoms with Crippen LogP contribution in [0.25, 0.3) is 0 Å². The van der Waals surface area contributed by atoms with Crippen LogP contribution >= 0.6 is 0 Å². The van der Waals surface area contributed by atoms with Gasteiger partial charge in [-0.3, -0.25) is 14.6 Å². The molecule has 5 nitrogen and oxygen atoms in total. The summed E-state index contributed by atoms with van der Waals surface area (Å²) in [6.07, 6.45) is 3.21. The maximum atomic E-state index is 12.7. The number of carbonyl (C=O) groups is 2. The fourth-order valence-corrected chi connectivity index (χ4v) is 3.05. The number of nitrogens with zero attached hydrogens (tertiary/aromatic N) is 1. The van der Waals surface area contributed by atoms with E-state index < -0.39 is 0 Å². The Morgan fingerprint density at radius 2 is 1.59 bits per heavy atom. The third kappa shape index (κ3) is 5.08. The first-order valence-electron chi connectivity index (χ1n) is 9.48. The summed E-state index contributed by atoms with van der Waals surface area (Å²) in [7, 11) is 0. The van der Waals surface area contributed by atoms with Crippen LogP contribution in [0.5, 0.6) is 0 Å².